The van der Waals surface area contributed by atoms with Crippen LogP contribution in [-0.2, 0) is 6.61 Å². The lowest BCUT2D eigenvalue weighted by Gasteiger charge is -2.12. The topological polar surface area (TPSA) is 110 Å². The van der Waals surface area contributed by atoms with Crippen molar-refractivity contribution in [1.82, 2.24) is 10.4 Å². The fourth-order valence-electron chi connectivity index (χ4n) is 2.42. The summed E-state index contributed by atoms with van der Waals surface area (Å²) in [4.78, 5) is 8.08. The second-order valence-electron chi connectivity index (χ2n) is 5.53. The van der Waals surface area contributed by atoms with Crippen molar-refractivity contribution >= 4 is 11.7 Å². The van der Waals surface area contributed by atoms with E-state index in [2.05, 4.69) is 15.4 Å². The zero-order chi connectivity index (χ0) is 19.8. The van der Waals surface area contributed by atoms with Gasteiger partial charge >= 0.3 is 0 Å². The van der Waals surface area contributed by atoms with Gasteiger partial charge in [-0.15, -0.1) is 0 Å². The number of nitrogens with two attached hydrogens (primary N) is 2. The third-order valence-corrected chi connectivity index (χ3v) is 3.76. The Morgan fingerprint density at radius 3 is 2.74 bits per heavy atom. The van der Waals surface area contributed by atoms with E-state index in [1.807, 2.05) is 18.2 Å². The molecule has 2 rings (SSSR count). The van der Waals surface area contributed by atoms with E-state index < -0.39 is 18.2 Å². The summed E-state index contributed by atoms with van der Waals surface area (Å²) in [6, 6.07) is 8.91. The first-order valence-corrected chi connectivity index (χ1v) is 8.14. The summed E-state index contributed by atoms with van der Waals surface area (Å²) in [5.41, 5.74) is 10.7. The monoisotopic (exact) mass is 373 g/mol. The summed E-state index contributed by atoms with van der Waals surface area (Å²) in [5, 5.41) is 9.51. The number of anilines is 1. The van der Waals surface area contributed by atoms with Gasteiger partial charge < -0.3 is 16.3 Å². The highest BCUT2D eigenvalue weighted by molar-refractivity contribution is 6.03. The number of amidine groups is 1. The van der Waals surface area contributed by atoms with E-state index in [-0.39, 0.29) is 18.3 Å². The van der Waals surface area contributed by atoms with Gasteiger partial charge in [0.15, 0.2) is 11.7 Å². The number of hydrogen-bond donors (Lipinski definition) is 4. The van der Waals surface area contributed by atoms with E-state index in [9.17, 15) is 13.9 Å². The first kappa shape index (κ1) is 20.2. The Bertz CT molecular complexity index is 893. The number of aliphatic hydroxyl groups is 1. The maximum Gasteiger partial charge on any atom is 0.157 e. The van der Waals surface area contributed by atoms with Crippen molar-refractivity contribution in [2.24, 2.45) is 10.8 Å². The average molecular weight is 373 g/mol. The third kappa shape index (κ3) is 4.96. The number of aliphatic hydroxyl groups excluding tert-OH is 1. The van der Waals surface area contributed by atoms with Crippen LogP contribution in [0.5, 0.6) is 0 Å². The quantitative estimate of drug-likeness (QED) is 0.205. The Balaban J connectivity index is 2.44. The molecule has 1 aromatic heterocycles. The zero-order valence-corrected chi connectivity index (χ0v) is 14.8. The average Bonchev–Trinajstić information content (AvgIpc) is 2.69. The number of rotatable bonds is 6. The molecule has 6 nitrogen and oxygen atoms in total. The van der Waals surface area contributed by atoms with E-state index >= 15 is 0 Å². The van der Waals surface area contributed by atoms with Crippen LogP contribution in [0.4, 0.5) is 14.6 Å². The smallest absolute Gasteiger partial charge is 0.157 e. The van der Waals surface area contributed by atoms with Crippen molar-refractivity contribution < 1.29 is 13.9 Å². The van der Waals surface area contributed by atoms with Gasteiger partial charge in [-0.05, 0) is 30.2 Å². The maximum atomic E-state index is 13.7. The van der Waals surface area contributed by atoms with Crippen molar-refractivity contribution in [2.45, 2.75) is 13.5 Å². The summed E-state index contributed by atoms with van der Waals surface area (Å²) in [6.45, 7) is 0.879. The fraction of sp³-hybridized carbons (Fsp3) is 0.158. The fourth-order valence-corrected chi connectivity index (χ4v) is 2.42. The highest BCUT2D eigenvalue weighted by Gasteiger charge is 2.13. The highest BCUT2D eigenvalue weighted by atomic mass is 19.2. The molecule has 8 heteroatoms. The first-order valence-electron chi connectivity index (χ1n) is 8.14. The number of nitrogens with one attached hydrogen (secondary N) is 1. The van der Waals surface area contributed by atoms with Crippen molar-refractivity contribution in [1.29, 1.82) is 0 Å². The van der Waals surface area contributed by atoms with Crippen LogP contribution in [0.15, 0.2) is 65.3 Å². The minimum absolute atomic E-state index is 0.0618. The first-order chi connectivity index (χ1) is 13.0. The molecule has 2 aromatic rings. The predicted molar refractivity (Wildman–Crippen MR) is 103 cm³/mol. The molecule has 0 radical (unpaired) electrons. The molecule has 27 heavy (non-hydrogen) atoms. The largest absolute Gasteiger partial charge is 0.392 e. The molecule has 1 aromatic carbocycles. The molecule has 0 saturated carbocycles. The molecule has 1 heterocycles. The van der Waals surface area contributed by atoms with Gasteiger partial charge in [-0.2, -0.15) is 0 Å². The van der Waals surface area contributed by atoms with Crippen molar-refractivity contribution in [3.63, 3.8) is 0 Å². The number of nitrogens with zero attached hydrogens (tertiary/aromatic N) is 2. The van der Waals surface area contributed by atoms with E-state index in [4.69, 9.17) is 11.6 Å². The molecule has 0 spiro atoms. The van der Waals surface area contributed by atoms with Crippen LogP contribution in [0.25, 0.3) is 11.1 Å². The van der Waals surface area contributed by atoms with Gasteiger partial charge in [0.05, 0.1) is 18.7 Å². The van der Waals surface area contributed by atoms with Crippen LogP contribution in [0.2, 0.25) is 0 Å². The normalized spacial score (nSPS) is 13.0. The van der Waals surface area contributed by atoms with Crippen LogP contribution in [-0.4, -0.2) is 22.5 Å². The minimum atomic E-state index is -1.03. The van der Waals surface area contributed by atoms with Gasteiger partial charge in [0, 0.05) is 11.8 Å². The molecule has 0 atom stereocenters. The number of halogens is 2. The molecular formula is C19H21F2N5O. The predicted octanol–water partition coefficient (Wildman–Crippen LogP) is 2.76. The van der Waals surface area contributed by atoms with Crippen LogP contribution in [0.3, 0.4) is 0 Å². The summed E-state index contributed by atoms with van der Waals surface area (Å²) < 4.78 is 27.2. The second-order valence-corrected chi connectivity index (χ2v) is 5.53. The van der Waals surface area contributed by atoms with E-state index in [0.717, 1.165) is 11.6 Å². The third-order valence-electron chi connectivity index (χ3n) is 3.76. The Morgan fingerprint density at radius 2 is 2.07 bits per heavy atom. The highest BCUT2D eigenvalue weighted by Crippen LogP contribution is 2.26. The molecule has 0 aliphatic carbocycles. The van der Waals surface area contributed by atoms with Crippen LogP contribution in [0, 0.1) is 0 Å². The van der Waals surface area contributed by atoms with Gasteiger partial charge in [-0.25, -0.2) is 19.6 Å². The number of allylic oxidation sites excluding steroid dienone is 3. The lowest BCUT2D eigenvalue weighted by atomic mass is 10.00. The molecule has 6 N–H and O–H groups in total. The van der Waals surface area contributed by atoms with Crippen LogP contribution < -0.4 is 17.0 Å². The molecule has 0 amide bonds. The molecule has 0 aliphatic heterocycles. The Labute approximate surface area is 155 Å². The van der Waals surface area contributed by atoms with Crippen LogP contribution >= 0.6 is 0 Å². The molecular weight excluding hydrogens is 352 g/mol. The molecule has 0 fully saturated rings. The lowest BCUT2D eigenvalue weighted by Crippen LogP contribution is -2.32. The van der Waals surface area contributed by atoms with Gasteiger partial charge in [0.2, 0.25) is 0 Å². The number of pyridine rings is 1. The molecule has 142 valence electrons. The van der Waals surface area contributed by atoms with Crippen molar-refractivity contribution in [2.75, 3.05) is 12.3 Å². The van der Waals surface area contributed by atoms with Gasteiger partial charge in [-0.1, -0.05) is 30.3 Å². The maximum absolute atomic E-state index is 13.7. The summed E-state index contributed by atoms with van der Waals surface area (Å²) in [7, 11) is 0. The van der Waals surface area contributed by atoms with Gasteiger partial charge in [-0.3, -0.25) is 4.99 Å². The minimum Gasteiger partial charge on any atom is -0.392 e. The second kappa shape index (κ2) is 9.56. The zero-order valence-electron chi connectivity index (χ0n) is 14.8. The molecule has 0 unspecified atom stereocenters. The number of benzene rings is 1. The lowest BCUT2D eigenvalue weighted by molar-refractivity contribution is 0.282. The SMILES string of the molecule is C/C=C\C(F)=C(\F)CN=C(NN)c1cc(-c2ccccc2CO)cnc1N. The van der Waals surface area contributed by atoms with E-state index in [0.29, 0.717) is 16.7 Å². The van der Waals surface area contributed by atoms with Crippen LogP contribution in [0.1, 0.15) is 18.1 Å². The standard InChI is InChI=1S/C19H21F2N5O/c1-2-5-16(20)17(21)10-25-19(26-23)15-8-13(9-24-18(15)22)14-7-4-3-6-12(14)11-27/h2-9,27H,10-11,23H2,1H3,(H2,22,24)(H,25,26)/b5-2-,17-16-. The van der Waals surface area contributed by atoms with E-state index in [1.165, 1.54) is 6.08 Å². The number of aromatic nitrogens is 1. The summed E-state index contributed by atoms with van der Waals surface area (Å²) in [6.07, 6.45) is 3.93. The van der Waals surface area contributed by atoms with Crippen molar-refractivity contribution in [3.05, 3.63) is 71.5 Å². The van der Waals surface area contributed by atoms with E-state index in [1.54, 1.807) is 25.3 Å². The Kier molecular flexibility index (Phi) is 7.16. The molecule has 0 saturated heterocycles. The van der Waals surface area contributed by atoms with Gasteiger partial charge in [0.1, 0.15) is 11.7 Å². The van der Waals surface area contributed by atoms with Crippen molar-refractivity contribution in [3.8, 4) is 11.1 Å². The molecule has 0 aliphatic rings. The Hall–Kier alpha value is -3.10. The number of hydrogen-bond acceptors (Lipinski definition) is 5. The summed E-state index contributed by atoms with van der Waals surface area (Å²) in [5.74, 6) is 3.63. The Morgan fingerprint density at radius 1 is 1.33 bits per heavy atom. The number of nitrogen functional groups attached to an aromatic ring is 1. The number of aliphatic imine (C=N–C) groups is 1. The molecule has 0 bridgehead atoms. The summed E-state index contributed by atoms with van der Waals surface area (Å²) >= 11 is 0. The van der Waals surface area contributed by atoms with Gasteiger partial charge in [0.25, 0.3) is 0 Å². The number of hydrazine groups is 1.